The highest BCUT2D eigenvalue weighted by Crippen LogP contribution is 2.29. The van der Waals surface area contributed by atoms with Gasteiger partial charge in [-0.1, -0.05) is 0 Å². The van der Waals surface area contributed by atoms with Gasteiger partial charge in [-0.15, -0.1) is 0 Å². The van der Waals surface area contributed by atoms with Crippen molar-refractivity contribution in [1.82, 2.24) is 34.9 Å². The van der Waals surface area contributed by atoms with Gasteiger partial charge >= 0.3 is 12.2 Å². The van der Waals surface area contributed by atoms with Crippen LogP contribution >= 0.6 is 0 Å². The number of pyridine rings is 2. The Balaban J connectivity index is 0.942. The van der Waals surface area contributed by atoms with Crippen molar-refractivity contribution in [3.05, 3.63) is 90.5 Å². The first-order chi connectivity index (χ1) is 26.4. The first-order valence-corrected chi connectivity index (χ1v) is 16.9. The molecule has 2 aliphatic rings. The minimum absolute atomic E-state index is 0.0928. The van der Waals surface area contributed by atoms with Crippen molar-refractivity contribution in [2.45, 2.75) is 25.6 Å². The van der Waals surface area contributed by atoms with E-state index in [0.717, 1.165) is 43.8 Å². The number of urea groups is 1. The summed E-state index contributed by atoms with van der Waals surface area (Å²) in [6.07, 6.45) is -2.12. The quantitative estimate of drug-likeness (QED) is 0.150. The summed E-state index contributed by atoms with van der Waals surface area (Å²) in [5.41, 5.74) is 1.94. The average Bonchev–Trinajstić information content (AvgIpc) is 3.84. The Hall–Kier alpha value is -6.44. The summed E-state index contributed by atoms with van der Waals surface area (Å²) in [6.45, 7) is 2.60. The Kier molecular flexibility index (Phi) is 10.4. The lowest BCUT2D eigenvalue weighted by Gasteiger charge is -2.36. The second-order valence-electron chi connectivity index (χ2n) is 12.6. The van der Waals surface area contributed by atoms with E-state index in [2.05, 4.69) is 45.8 Å². The van der Waals surface area contributed by atoms with E-state index >= 15 is 0 Å². The van der Waals surface area contributed by atoms with Crippen molar-refractivity contribution in [1.29, 1.82) is 0 Å². The largest absolute Gasteiger partial charge is 0.444 e. The van der Waals surface area contributed by atoms with Gasteiger partial charge in [0, 0.05) is 63.1 Å². The zero-order valence-electron chi connectivity index (χ0n) is 28.8. The van der Waals surface area contributed by atoms with Crippen molar-refractivity contribution < 1.29 is 40.8 Å². The van der Waals surface area contributed by atoms with Crippen LogP contribution in [0.1, 0.15) is 34.7 Å². The van der Waals surface area contributed by atoms with Crippen LogP contribution in [-0.2, 0) is 11.3 Å². The Labute approximate surface area is 309 Å². The third-order valence-corrected chi connectivity index (χ3v) is 8.82. The van der Waals surface area contributed by atoms with Gasteiger partial charge in [-0.05, 0) is 48.5 Å². The summed E-state index contributed by atoms with van der Waals surface area (Å²) in [7, 11) is 0. The third kappa shape index (κ3) is 8.86. The molecule has 4 aromatic heterocycles. The van der Waals surface area contributed by atoms with Crippen molar-refractivity contribution in [2.24, 2.45) is 0 Å². The second-order valence-corrected chi connectivity index (χ2v) is 12.6. The van der Waals surface area contributed by atoms with E-state index in [0.29, 0.717) is 24.5 Å². The number of anilines is 4. The zero-order valence-corrected chi connectivity index (χ0v) is 28.8. The molecule has 20 heteroatoms. The van der Waals surface area contributed by atoms with Gasteiger partial charge in [-0.25, -0.2) is 28.2 Å². The molecule has 2 saturated heterocycles. The number of carbonyl (C=O) groups excluding carboxylic acids is 3. The number of rotatable bonds is 11. The van der Waals surface area contributed by atoms with Crippen molar-refractivity contribution in [3.63, 3.8) is 0 Å². The predicted molar refractivity (Wildman–Crippen MR) is 188 cm³/mol. The molecule has 286 valence electrons. The van der Waals surface area contributed by atoms with Gasteiger partial charge in [0.25, 0.3) is 12.3 Å². The molecule has 55 heavy (non-hydrogen) atoms. The molecule has 2 fully saturated rings. The van der Waals surface area contributed by atoms with Gasteiger partial charge in [0.15, 0.2) is 11.4 Å². The maximum absolute atomic E-state index is 14.0. The Morgan fingerprint density at radius 2 is 1.69 bits per heavy atom. The van der Waals surface area contributed by atoms with Crippen molar-refractivity contribution in [2.75, 3.05) is 59.7 Å². The third-order valence-electron chi connectivity index (χ3n) is 8.82. The molecule has 0 bridgehead atoms. The first-order valence-electron chi connectivity index (χ1n) is 16.9. The number of nitrogens with zero attached hydrogens (tertiary/aromatic N) is 8. The fraction of sp³-hybridized carbons (Fsp3) is 0.286. The van der Waals surface area contributed by atoms with E-state index in [1.807, 2.05) is 24.3 Å². The fourth-order valence-corrected chi connectivity index (χ4v) is 6.01. The summed E-state index contributed by atoms with van der Waals surface area (Å²) in [5.74, 6) is -1.35. The van der Waals surface area contributed by atoms with Gasteiger partial charge in [0.2, 0.25) is 11.8 Å². The van der Waals surface area contributed by atoms with Gasteiger partial charge in [-0.2, -0.15) is 18.3 Å². The molecular weight excluding hydrogens is 733 g/mol. The molecule has 5 aromatic rings. The number of alkyl halides is 5. The number of halogens is 5. The Bertz CT molecular complexity index is 2170. The molecule has 4 amide bonds. The lowest BCUT2D eigenvalue weighted by Crippen LogP contribution is -2.49. The van der Waals surface area contributed by atoms with Crippen LogP contribution in [-0.4, -0.2) is 92.9 Å². The van der Waals surface area contributed by atoms with Crippen LogP contribution in [0.4, 0.5) is 49.6 Å². The maximum Gasteiger partial charge on any atom is 0.405 e. The first kappa shape index (κ1) is 36.9. The summed E-state index contributed by atoms with van der Waals surface area (Å²) in [5, 5.41) is 10.8. The number of nitrogens with one attached hydrogen (secondary N) is 3. The zero-order chi connectivity index (χ0) is 38.7. The maximum atomic E-state index is 14.0. The summed E-state index contributed by atoms with van der Waals surface area (Å²) < 4.78 is 72.4. The molecule has 1 aromatic carbocycles. The molecule has 0 aliphatic carbocycles. The van der Waals surface area contributed by atoms with E-state index in [4.69, 9.17) is 4.42 Å². The molecule has 7 rings (SSSR count). The smallest absolute Gasteiger partial charge is 0.405 e. The SMILES string of the molecule is O=C1CCN(c2ccc(CN3CCN(c4ccc(-n5cc(NC(=O)c6coc(-c7ccnc(NCC(F)(F)F)c7)n6)c(C(F)F)n5)cc4)CC3)nc2)C(=O)N1. The van der Waals surface area contributed by atoms with E-state index in [1.165, 1.54) is 34.1 Å². The minimum atomic E-state index is -4.46. The van der Waals surface area contributed by atoms with Crippen LogP contribution in [0.15, 0.2) is 77.8 Å². The van der Waals surface area contributed by atoms with E-state index in [-0.39, 0.29) is 41.0 Å². The average molecular weight is 766 g/mol. The highest BCUT2D eigenvalue weighted by molar-refractivity contribution is 6.05. The van der Waals surface area contributed by atoms with Crippen LogP contribution in [0.2, 0.25) is 0 Å². The highest BCUT2D eigenvalue weighted by Gasteiger charge is 2.28. The van der Waals surface area contributed by atoms with Crippen molar-refractivity contribution in [3.8, 4) is 17.1 Å². The molecule has 0 spiro atoms. The van der Waals surface area contributed by atoms with Crippen LogP contribution in [0.3, 0.4) is 0 Å². The van der Waals surface area contributed by atoms with Crippen LogP contribution in [0.5, 0.6) is 0 Å². The molecule has 6 heterocycles. The molecule has 3 N–H and O–H groups in total. The van der Waals surface area contributed by atoms with E-state index < -0.39 is 36.8 Å². The number of benzene rings is 1. The number of amides is 4. The van der Waals surface area contributed by atoms with Gasteiger partial charge in [-0.3, -0.25) is 29.7 Å². The Morgan fingerprint density at radius 1 is 0.945 bits per heavy atom. The molecular formula is C35H32F5N11O4. The standard InChI is InChI=1S/C35H32F5N11O4/c36-31(37)30-26(44-32(53)27-19-55-33(45-27)21-7-9-41-28(15-21)43-20-35(38,39)40)18-51(47-30)24-5-3-23(4-6-24)49-13-11-48(12-14-49)17-22-1-2-25(16-42-22)50-10-8-29(52)46-34(50)54/h1-7,9,15-16,18-19,31H,8,10-14,17,20H2,(H,41,43)(H,44,53)(H,46,52,54). The van der Waals surface area contributed by atoms with Crippen LogP contribution in [0.25, 0.3) is 17.1 Å². The lowest BCUT2D eigenvalue weighted by atomic mass is 10.2. The van der Waals surface area contributed by atoms with E-state index in [1.54, 1.807) is 18.3 Å². The number of hydrogen-bond donors (Lipinski definition) is 3. The topological polar surface area (TPSA) is 167 Å². The second kappa shape index (κ2) is 15.5. The number of imide groups is 1. The predicted octanol–water partition coefficient (Wildman–Crippen LogP) is 5.25. The number of oxazole rings is 1. The lowest BCUT2D eigenvalue weighted by molar-refractivity contribution is -0.120. The van der Waals surface area contributed by atoms with Gasteiger partial charge in [0.05, 0.1) is 35.1 Å². The Morgan fingerprint density at radius 3 is 2.38 bits per heavy atom. The highest BCUT2D eigenvalue weighted by atomic mass is 19.4. The number of aromatic nitrogens is 5. The molecule has 0 atom stereocenters. The number of carbonyl (C=O) groups is 3. The van der Waals surface area contributed by atoms with Crippen LogP contribution in [0, 0.1) is 0 Å². The minimum Gasteiger partial charge on any atom is -0.444 e. The molecule has 0 saturated carbocycles. The molecule has 0 unspecified atom stereocenters. The van der Waals surface area contributed by atoms with Crippen LogP contribution < -0.4 is 25.8 Å². The number of piperazine rings is 1. The molecule has 2 aliphatic heterocycles. The normalized spacial score (nSPS) is 15.4. The summed E-state index contributed by atoms with van der Waals surface area (Å²) in [6, 6.07) is 13.1. The molecule has 15 nitrogen and oxygen atoms in total. The number of hydrogen-bond acceptors (Lipinski definition) is 11. The summed E-state index contributed by atoms with van der Waals surface area (Å²) in [4.78, 5) is 54.9. The molecule has 0 radical (unpaired) electrons. The monoisotopic (exact) mass is 765 g/mol. The van der Waals surface area contributed by atoms with E-state index in [9.17, 15) is 36.3 Å². The fourth-order valence-electron chi connectivity index (χ4n) is 6.01. The van der Waals surface area contributed by atoms with Gasteiger partial charge in [0.1, 0.15) is 18.6 Å². The van der Waals surface area contributed by atoms with Crippen molar-refractivity contribution >= 4 is 40.7 Å². The summed E-state index contributed by atoms with van der Waals surface area (Å²) >= 11 is 0. The van der Waals surface area contributed by atoms with Gasteiger partial charge < -0.3 is 20.0 Å².